The quantitative estimate of drug-likeness (QED) is 0.280. The fourth-order valence-electron chi connectivity index (χ4n) is 3.05. The fourth-order valence-corrected chi connectivity index (χ4v) is 3.66. The van der Waals surface area contributed by atoms with Crippen molar-refractivity contribution in [2.24, 2.45) is 5.10 Å². The second-order valence-corrected chi connectivity index (χ2v) is 9.14. The maximum absolute atomic E-state index is 13.2. The van der Waals surface area contributed by atoms with Crippen molar-refractivity contribution in [2.75, 3.05) is 6.61 Å². The van der Waals surface area contributed by atoms with Gasteiger partial charge in [0.05, 0.1) is 28.2 Å². The lowest BCUT2D eigenvalue weighted by molar-refractivity contribution is -0.149. The summed E-state index contributed by atoms with van der Waals surface area (Å²) in [6, 6.07) is 10.4. The van der Waals surface area contributed by atoms with E-state index < -0.39 is 5.97 Å². The first-order valence-electron chi connectivity index (χ1n) is 10.6. The Labute approximate surface area is 205 Å². The Morgan fingerprint density at radius 2 is 2.00 bits per heavy atom. The third-order valence-corrected chi connectivity index (χ3v) is 5.67. The van der Waals surface area contributed by atoms with Crippen LogP contribution in [0.25, 0.3) is 10.9 Å². The molecule has 0 unspecified atom stereocenters. The molecular weight excluding hydrogens is 510 g/mol. The van der Waals surface area contributed by atoms with Crippen LogP contribution in [0.4, 0.5) is 0 Å². The molecule has 7 nitrogen and oxygen atoms in total. The summed E-state index contributed by atoms with van der Waals surface area (Å²) in [5, 5.41) is 5.22. The zero-order valence-corrected chi connectivity index (χ0v) is 21.2. The summed E-state index contributed by atoms with van der Waals surface area (Å²) >= 11 is 9.71. The number of nitrogens with zero attached hydrogens (tertiary/aromatic N) is 3. The number of rotatable bonds is 8. The van der Waals surface area contributed by atoms with E-state index in [0.29, 0.717) is 33.1 Å². The summed E-state index contributed by atoms with van der Waals surface area (Å²) in [7, 11) is 0. The molecule has 1 aromatic heterocycles. The van der Waals surface area contributed by atoms with E-state index in [0.717, 1.165) is 10.9 Å². The van der Waals surface area contributed by atoms with Gasteiger partial charge in [0.25, 0.3) is 5.56 Å². The number of halogens is 2. The molecule has 9 heteroatoms. The monoisotopic (exact) mass is 533 g/mol. The lowest BCUT2D eigenvalue weighted by Gasteiger charge is -2.14. The average Bonchev–Trinajstić information content (AvgIpc) is 2.77. The van der Waals surface area contributed by atoms with E-state index in [1.165, 1.54) is 4.68 Å². The van der Waals surface area contributed by atoms with Crippen molar-refractivity contribution in [3.05, 3.63) is 67.6 Å². The van der Waals surface area contributed by atoms with Gasteiger partial charge in [0, 0.05) is 10.4 Å². The summed E-state index contributed by atoms with van der Waals surface area (Å²) in [6.45, 7) is 7.33. The van der Waals surface area contributed by atoms with Crippen LogP contribution in [0.15, 0.2) is 50.8 Å². The minimum absolute atomic E-state index is 0.0351. The van der Waals surface area contributed by atoms with E-state index in [9.17, 15) is 9.59 Å². The van der Waals surface area contributed by atoms with Gasteiger partial charge in [-0.25, -0.2) is 9.78 Å². The van der Waals surface area contributed by atoms with Crippen LogP contribution in [0.3, 0.4) is 0 Å². The van der Waals surface area contributed by atoms with Gasteiger partial charge < -0.3 is 9.47 Å². The van der Waals surface area contributed by atoms with Crippen LogP contribution in [0, 0.1) is 0 Å². The molecule has 3 rings (SSSR count). The topological polar surface area (TPSA) is 82.8 Å². The highest BCUT2D eigenvalue weighted by Gasteiger charge is 2.16. The van der Waals surface area contributed by atoms with Crippen LogP contribution in [-0.2, 0) is 9.53 Å². The number of fused-ring (bicyclic) bond motifs is 1. The fraction of sp³-hybridized carbons (Fsp3) is 0.333. The van der Waals surface area contributed by atoms with Crippen molar-refractivity contribution in [2.45, 2.75) is 46.1 Å². The van der Waals surface area contributed by atoms with Gasteiger partial charge in [-0.2, -0.15) is 9.78 Å². The Morgan fingerprint density at radius 3 is 2.67 bits per heavy atom. The first-order chi connectivity index (χ1) is 15.7. The molecule has 33 heavy (non-hydrogen) atoms. The number of ether oxygens (including phenoxy) is 2. The molecule has 1 heterocycles. The maximum atomic E-state index is 13.2. The summed E-state index contributed by atoms with van der Waals surface area (Å²) < 4.78 is 12.6. The molecule has 0 aliphatic carbocycles. The van der Waals surface area contributed by atoms with Crippen LogP contribution >= 0.6 is 27.5 Å². The van der Waals surface area contributed by atoms with Crippen molar-refractivity contribution in [1.82, 2.24) is 9.66 Å². The zero-order chi connectivity index (χ0) is 24.1. The molecule has 0 amide bonds. The number of hydrogen-bond acceptors (Lipinski definition) is 6. The second kappa shape index (κ2) is 10.9. The Hall–Kier alpha value is -2.71. The van der Waals surface area contributed by atoms with Gasteiger partial charge in [0.2, 0.25) is 0 Å². The SMILES string of the molecule is CC[C@@H](C)c1nc2ccc(Br)cc2c(=O)n1N=Cc1ccc(OCC(=O)OC(C)C)c(Cl)c1. The Morgan fingerprint density at radius 1 is 1.24 bits per heavy atom. The Kier molecular flexibility index (Phi) is 8.26. The normalized spacial score (nSPS) is 12.5. The maximum Gasteiger partial charge on any atom is 0.344 e. The van der Waals surface area contributed by atoms with Gasteiger partial charge in [-0.05, 0) is 62.2 Å². The second-order valence-electron chi connectivity index (χ2n) is 7.82. The Balaban J connectivity index is 1.90. The van der Waals surface area contributed by atoms with Crippen molar-refractivity contribution >= 4 is 50.6 Å². The molecule has 0 radical (unpaired) electrons. The van der Waals surface area contributed by atoms with Gasteiger partial charge in [-0.1, -0.05) is 41.4 Å². The lowest BCUT2D eigenvalue weighted by atomic mass is 10.1. The predicted octanol–water partition coefficient (Wildman–Crippen LogP) is 5.54. The minimum atomic E-state index is -0.473. The largest absolute Gasteiger partial charge is 0.480 e. The summed E-state index contributed by atoms with van der Waals surface area (Å²) in [4.78, 5) is 29.5. The van der Waals surface area contributed by atoms with Gasteiger partial charge in [-0.3, -0.25) is 4.79 Å². The third kappa shape index (κ3) is 6.21. The van der Waals surface area contributed by atoms with Crippen molar-refractivity contribution in [3.8, 4) is 5.75 Å². The van der Waals surface area contributed by atoms with Crippen LogP contribution < -0.4 is 10.3 Å². The first-order valence-corrected chi connectivity index (χ1v) is 11.7. The van der Waals surface area contributed by atoms with E-state index in [2.05, 4.69) is 21.0 Å². The number of benzene rings is 2. The summed E-state index contributed by atoms with van der Waals surface area (Å²) in [5.41, 5.74) is 1.04. The summed E-state index contributed by atoms with van der Waals surface area (Å²) in [5.74, 6) is 0.499. The van der Waals surface area contributed by atoms with Gasteiger partial charge in [0.15, 0.2) is 6.61 Å². The third-order valence-electron chi connectivity index (χ3n) is 4.88. The van der Waals surface area contributed by atoms with E-state index in [4.69, 9.17) is 26.1 Å². The molecule has 0 fully saturated rings. The standard InChI is InChI=1S/C24H25BrClN3O4/c1-5-15(4)23-28-20-8-7-17(25)11-18(20)24(31)29(23)27-12-16-6-9-21(19(26)10-16)32-13-22(30)33-14(2)3/h6-12,14-15H,5,13H2,1-4H3/t15-/m1/s1. The number of hydrogen-bond donors (Lipinski definition) is 0. The summed E-state index contributed by atoms with van der Waals surface area (Å²) in [6.07, 6.45) is 2.13. The molecule has 0 spiro atoms. The number of esters is 1. The molecule has 0 aliphatic heterocycles. The highest BCUT2D eigenvalue weighted by molar-refractivity contribution is 9.10. The first kappa shape index (κ1) is 24.9. The Bertz CT molecular complexity index is 1260. The van der Waals surface area contributed by atoms with Gasteiger partial charge in [-0.15, -0.1) is 0 Å². The lowest BCUT2D eigenvalue weighted by Crippen LogP contribution is -2.23. The minimum Gasteiger partial charge on any atom is -0.480 e. The smallest absolute Gasteiger partial charge is 0.344 e. The van der Waals surface area contributed by atoms with Crippen LogP contribution in [0.2, 0.25) is 5.02 Å². The average molecular weight is 535 g/mol. The predicted molar refractivity (Wildman–Crippen MR) is 134 cm³/mol. The molecule has 2 aromatic carbocycles. The highest BCUT2D eigenvalue weighted by Crippen LogP contribution is 2.25. The number of carbonyl (C=O) groups is 1. The molecule has 0 N–H and O–H groups in total. The molecule has 0 saturated carbocycles. The van der Waals surface area contributed by atoms with Crippen LogP contribution in [-0.4, -0.2) is 34.6 Å². The van der Waals surface area contributed by atoms with E-state index in [1.54, 1.807) is 44.3 Å². The number of carbonyl (C=O) groups excluding carboxylic acids is 1. The molecule has 3 aromatic rings. The molecule has 0 saturated heterocycles. The van der Waals surface area contributed by atoms with Crippen LogP contribution in [0.1, 0.15) is 51.4 Å². The highest BCUT2D eigenvalue weighted by atomic mass is 79.9. The van der Waals surface area contributed by atoms with E-state index in [1.807, 2.05) is 26.0 Å². The van der Waals surface area contributed by atoms with Gasteiger partial charge >= 0.3 is 5.97 Å². The number of aromatic nitrogens is 2. The molecule has 1 atom stereocenters. The molecule has 0 aliphatic rings. The molecule has 0 bridgehead atoms. The van der Waals surface area contributed by atoms with E-state index >= 15 is 0 Å². The van der Waals surface area contributed by atoms with E-state index in [-0.39, 0.29) is 24.2 Å². The van der Waals surface area contributed by atoms with Crippen LogP contribution in [0.5, 0.6) is 5.75 Å². The van der Waals surface area contributed by atoms with Crippen molar-refractivity contribution in [3.63, 3.8) is 0 Å². The molecular formula is C24H25BrClN3O4. The van der Waals surface area contributed by atoms with Crippen molar-refractivity contribution < 1.29 is 14.3 Å². The zero-order valence-electron chi connectivity index (χ0n) is 18.8. The van der Waals surface area contributed by atoms with Crippen molar-refractivity contribution in [1.29, 1.82) is 0 Å². The van der Waals surface area contributed by atoms with Gasteiger partial charge in [0.1, 0.15) is 11.6 Å². The molecule has 174 valence electrons.